The minimum Gasteiger partial charge on any atom is -0.372 e. The molecule has 2 unspecified atom stereocenters. The van der Waals surface area contributed by atoms with E-state index in [1.165, 1.54) is 0 Å². The quantitative estimate of drug-likeness (QED) is 0.760. The summed E-state index contributed by atoms with van der Waals surface area (Å²) in [6, 6.07) is 7.35. The standard InChI is InChI=1S/C23H32N4O4/c1-15-13-27(14-16(2)30-15)21(29)18-8-6-17(7-9-18)12-24-19(28)10-11-20-25-22(26-31-20)23(3,4)5/h6-9,15-16H,10-14H2,1-5H3,(H,24,28). The van der Waals surface area contributed by atoms with Crippen LogP contribution in [0.5, 0.6) is 0 Å². The summed E-state index contributed by atoms with van der Waals surface area (Å²) in [4.78, 5) is 31.1. The van der Waals surface area contributed by atoms with Gasteiger partial charge in [0.25, 0.3) is 5.91 Å². The molecule has 2 aromatic rings. The molecule has 31 heavy (non-hydrogen) atoms. The molecule has 0 aliphatic carbocycles. The van der Waals surface area contributed by atoms with E-state index in [1.54, 1.807) is 12.1 Å². The van der Waals surface area contributed by atoms with Crippen LogP contribution < -0.4 is 5.32 Å². The Labute approximate surface area is 183 Å². The van der Waals surface area contributed by atoms with Crippen LogP contribution in [0.2, 0.25) is 0 Å². The van der Waals surface area contributed by atoms with Crippen molar-refractivity contribution in [1.29, 1.82) is 0 Å². The molecule has 2 heterocycles. The van der Waals surface area contributed by atoms with Crippen molar-refractivity contribution < 1.29 is 18.8 Å². The lowest BCUT2D eigenvalue weighted by molar-refractivity contribution is -0.121. The highest BCUT2D eigenvalue weighted by molar-refractivity contribution is 5.94. The molecule has 2 atom stereocenters. The van der Waals surface area contributed by atoms with Crippen molar-refractivity contribution in [2.24, 2.45) is 0 Å². The lowest BCUT2D eigenvalue weighted by Crippen LogP contribution is -2.48. The highest BCUT2D eigenvalue weighted by Gasteiger charge is 2.26. The predicted octanol–water partition coefficient (Wildman–Crippen LogP) is 2.87. The van der Waals surface area contributed by atoms with Crippen molar-refractivity contribution >= 4 is 11.8 Å². The molecule has 0 spiro atoms. The highest BCUT2D eigenvalue weighted by Crippen LogP contribution is 2.19. The number of morpholine rings is 1. The highest BCUT2D eigenvalue weighted by atomic mass is 16.5. The maximum Gasteiger partial charge on any atom is 0.254 e. The van der Waals surface area contributed by atoms with Gasteiger partial charge in [-0.1, -0.05) is 38.1 Å². The molecular formula is C23H32N4O4. The van der Waals surface area contributed by atoms with Crippen molar-refractivity contribution in [3.63, 3.8) is 0 Å². The van der Waals surface area contributed by atoms with Gasteiger partial charge in [-0.2, -0.15) is 4.98 Å². The zero-order valence-corrected chi connectivity index (χ0v) is 19.0. The fraction of sp³-hybridized carbons (Fsp3) is 0.565. The van der Waals surface area contributed by atoms with Crippen molar-refractivity contribution in [2.45, 2.75) is 71.6 Å². The minimum absolute atomic E-state index is 0.00627. The zero-order chi connectivity index (χ0) is 22.6. The lowest BCUT2D eigenvalue weighted by Gasteiger charge is -2.35. The van der Waals surface area contributed by atoms with E-state index in [4.69, 9.17) is 9.26 Å². The van der Waals surface area contributed by atoms with Crippen LogP contribution in [0.3, 0.4) is 0 Å². The smallest absolute Gasteiger partial charge is 0.254 e. The Morgan fingerprint density at radius 3 is 2.35 bits per heavy atom. The number of carbonyl (C=O) groups excluding carboxylic acids is 2. The number of aromatic nitrogens is 2. The summed E-state index contributed by atoms with van der Waals surface area (Å²) < 4.78 is 10.9. The summed E-state index contributed by atoms with van der Waals surface area (Å²) in [7, 11) is 0. The van der Waals surface area contributed by atoms with Crippen molar-refractivity contribution in [3.8, 4) is 0 Å². The first-order valence-corrected chi connectivity index (χ1v) is 10.8. The molecule has 8 nitrogen and oxygen atoms in total. The number of aryl methyl sites for hydroxylation is 1. The molecule has 1 aliphatic heterocycles. The van der Waals surface area contributed by atoms with Crippen LogP contribution in [-0.4, -0.2) is 52.2 Å². The van der Waals surface area contributed by atoms with Gasteiger partial charge in [-0.3, -0.25) is 9.59 Å². The zero-order valence-electron chi connectivity index (χ0n) is 19.0. The summed E-state index contributed by atoms with van der Waals surface area (Å²) in [5.41, 5.74) is 1.39. The predicted molar refractivity (Wildman–Crippen MR) is 116 cm³/mol. The second-order valence-corrected chi connectivity index (χ2v) is 9.20. The van der Waals surface area contributed by atoms with E-state index < -0.39 is 0 Å². The molecule has 0 radical (unpaired) electrons. The van der Waals surface area contributed by atoms with E-state index in [9.17, 15) is 9.59 Å². The molecule has 1 fully saturated rings. The van der Waals surface area contributed by atoms with Gasteiger partial charge in [0, 0.05) is 43.5 Å². The normalized spacial score (nSPS) is 19.3. The molecule has 0 bridgehead atoms. The van der Waals surface area contributed by atoms with Gasteiger partial charge in [0.05, 0.1) is 12.2 Å². The van der Waals surface area contributed by atoms with Crippen LogP contribution >= 0.6 is 0 Å². The van der Waals surface area contributed by atoms with Crippen LogP contribution in [-0.2, 0) is 27.9 Å². The third kappa shape index (κ3) is 6.37. The number of nitrogens with zero attached hydrogens (tertiary/aromatic N) is 3. The van der Waals surface area contributed by atoms with E-state index in [2.05, 4.69) is 15.5 Å². The van der Waals surface area contributed by atoms with Gasteiger partial charge in [0.2, 0.25) is 11.8 Å². The fourth-order valence-corrected chi connectivity index (χ4v) is 3.46. The van der Waals surface area contributed by atoms with Crippen LogP contribution in [0.25, 0.3) is 0 Å². The van der Waals surface area contributed by atoms with Gasteiger partial charge in [-0.25, -0.2) is 0 Å². The van der Waals surface area contributed by atoms with Gasteiger partial charge in [-0.05, 0) is 31.5 Å². The van der Waals surface area contributed by atoms with Gasteiger partial charge in [0.15, 0.2) is 5.82 Å². The Balaban J connectivity index is 1.46. The Bertz CT molecular complexity index is 891. The van der Waals surface area contributed by atoms with Crippen molar-refractivity contribution in [3.05, 3.63) is 47.1 Å². The minimum atomic E-state index is -0.185. The third-order valence-electron chi connectivity index (χ3n) is 5.10. The van der Waals surface area contributed by atoms with Gasteiger partial charge >= 0.3 is 0 Å². The first-order valence-electron chi connectivity index (χ1n) is 10.8. The average molecular weight is 429 g/mol. The van der Waals surface area contributed by atoms with Crippen LogP contribution in [0.4, 0.5) is 0 Å². The van der Waals surface area contributed by atoms with Gasteiger partial charge in [0.1, 0.15) is 0 Å². The number of carbonyl (C=O) groups is 2. The average Bonchev–Trinajstić information content (AvgIpc) is 3.19. The number of ether oxygens (including phenoxy) is 1. The largest absolute Gasteiger partial charge is 0.372 e. The summed E-state index contributed by atoms with van der Waals surface area (Å²) in [6.45, 7) is 11.6. The van der Waals surface area contributed by atoms with Crippen LogP contribution in [0, 0.1) is 0 Å². The summed E-state index contributed by atoms with van der Waals surface area (Å²) >= 11 is 0. The second kappa shape index (κ2) is 9.60. The molecule has 3 rings (SSSR count). The summed E-state index contributed by atoms with van der Waals surface area (Å²) in [5, 5.41) is 6.86. The first-order chi connectivity index (χ1) is 14.6. The molecule has 1 aliphatic rings. The number of hydrogen-bond acceptors (Lipinski definition) is 6. The number of rotatable bonds is 6. The molecule has 1 saturated heterocycles. The lowest BCUT2D eigenvalue weighted by atomic mass is 9.96. The number of amides is 2. The monoisotopic (exact) mass is 428 g/mol. The van der Waals surface area contributed by atoms with E-state index in [0.717, 1.165) is 5.56 Å². The third-order valence-corrected chi connectivity index (χ3v) is 5.10. The molecule has 1 N–H and O–H groups in total. The Morgan fingerprint density at radius 1 is 1.13 bits per heavy atom. The number of benzene rings is 1. The molecule has 0 saturated carbocycles. The Morgan fingerprint density at radius 2 is 1.77 bits per heavy atom. The van der Waals surface area contributed by atoms with E-state index in [-0.39, 0.29) is 35.9 Å². The van der Waals surface area contributed by atoms with E-state index >= 15 is 0 Å². The SMILES string of the molecule is CC1CN(C(=O)c2ccc(CNC(=O)CCc3nc(C(C)(C)C)no3)cc2)CC(C)O1. The van der Waals surface area contributed by atoms with Crippen molar-refractivity contribution in [2.75, 3.05) is 13.1 Å². The fourth-order valence-electron chi connectivity index (χ4n) is 3.46. The molecule has 1 aromatic heterocycles. The maximum absolute atomic E-state index is 12.7. The van der Waals surface area contributed by atoms with Crippen molar-refractivity contribution in [1.82, 2.24) is 20.4 Å². The second-order valence-electron chi connectivity index (χ2n) is 9.20. The molecule has 8 heteroatoms. The Hall–Kier alpha value is -2.74. The molecule has 168 valence electrons. The van der Waals surface area contributed by atoms with E-state index in [1.807, 2.05) is 51.7 Å². The number of nitrogens with one attached hydrogen (secondary N) is 1. The van der Waals surface area contributed by atoms with Gasteiger partial charge < -0.3 is 19.5 Å². The molecular weight excluding hydrogens is 396 g/mol. The van der Waals surface area contributed by atoms with E-state index in [0.29, 0.717) is 43.3 Å². The maximum atomic E-state index is 12.7. The van der Waals surface area contributed by atoms with Gasteiger partial charge in [-0.15, -0.1) is 0 Å². The summed E-state index contributed by atoms with van der Waals surface area (Å²) in [5.74, 6) is 1.02. The van der Waals surface area contributed by atoms with Crippen LogP contribution in [0.15, 0.2) is 28.8 Å². The first kappa shape index (κ1) is 22.9. The number of hydrogen-bond donors (Lipinski definition) is 1. The molecule has 1 aromatic carbocycles. The summed E-state index contributed by atoms with van der Waals surface area (Å²) in [6.07, 6.45) is 0.748. The Kier molecular flexibility index (Phi) is 7.10. The topological polar surface area (TPSA) is 97.6 Å². The molecule has 2 amide bonds. The van der Waals surface area contributed by atoms with Crippen LogP contribution in [0.1, 0.15) is 68.7 Å².